The van der Waals surface area contributed by atoms with Gasteiger partial charge in [-0.05, 0) is 91.0 Å². The van der Waals surface area contributed by atoms with Crippen LogP contribution in [0.25, 0.3) is 0 Å². The van der Waals surface area contributed by atoms with Crippen LogP contribution in [-0.2, 0) is 40.3 Å². The number of anilines is 3. The Morgan fingerprint density at radius 3 is 2.16 bits per heavy atom. The molecule has 2 amide bonds. The molecule has 360 valence electrons. The van der Waals surface area contributed by atoms with Gasteiger partial charge in [0.15, 0.2) is 23.0 Å². The summed E-state index contributed by atoms with van der Waals surface area (Å²) in [6.45, 7) is 3.63. The Labute approximate surface area is 401 Å². The molecule has 0 saturated heterocycles. The van der Waals surface area contributed by atoms with Gasteiger partial charge in [-0.15, -0.1) is 0 Å². The molecule has 3 aliphatic heterocycles. The maximum atomic E-state index is 14.1. The molecule has 0 unspecified atom stereocenters. The second kappa shape index (κ2) is 23.2. The van der Waals surface area contributed by atoms with Gasteiger partial charge in [0, 0.05) is 74.1 Å². The first-order chi connectivity index (χ1) is 33.7. The van der Waals surface area contributed by atoms with Crippen molar-refractivity contribution >= 4 is 58.6 Å². The highest BCUT2D eigenvalue weighted by atomic mass is 16.5. The van der Waals surface area contributed by atoms with Gasteiger partial charge in [0.05, 0.1) is 69.2 Å². The van der Waals surface area contributed by atoms with E-state index in [1.54, 1.807) is 29.2 Å². The summed E-state index contributed by atoms with van der Waals surface area (Å²) < 4.78 is 36.2. The van der Waals surface area contributed by atoms with Gasteiger partial charge >= 0.3 is 5.97 Å². The van der Waals surface area contributed by atoms with Gasteiger partial charge in [-0.1, -0.05) is 36.4 Å². The fraction of sp³-hybridized carbons (Fsp3) is 0.340. The third kappa shape index (κ3) is 11.9. The molecular weight excluding hydrogens is 881 g/mol. The van der Waals surface area contributed by atoms with E-state index < -0.39 is 5.97 Å². The summed E-state index contributed by atoms with van der Waals surface area (Å²) >= 11 is 0. The first-order valence-electron chi connectivity index (χ1n) is 23.2. The van der Waals surface area contributed by atoms with E-state index in [1.165, 1.54) is 14.2 Å². The van der Waals surface area contributed by atoms with Crippen LogP contribution >= 0.6 is 0 Å². The number of fused-ring (bicyclic) bond motifs is 6. The van der Waals surface area contributed by atoms with Gasteiger partial charge in [0.25, 0.3) is 11.8 Å². The summed E-state index contributed by atoms with van der Waals surface area (Å²) in [4.78, 5) is 52.8. The number of aliphatic carboxylic acids is 1. The maximum Gasteiger partial charge on any atom is 0.303 e. The van der Waals surface area contributed by atoms with Gasteiger partial charge in [-0.25, -0.2) is 0 Å². The minimum absolute atomic E-state index is 0.00526. The molecular formula is C53H58N6O10. The highest BCUT2D eigenvalue weighted by molar-refractivity contribution is 6.15. The summed E-state index contributed by atoms with van der Waals surface area (Å²) in [5.74, 6) is 0.162. The number of amides is 2. The zero-order valence-corrected chi connectivity index (χ0v) is 39.2. The topological polar surface area (TPSA) is 182 Å². The van der Waals surface area contributed by atoms with Crippen molar-refractivity contribution in [3.05, 3.63) is 124 Å². The summed E-state index contributed by atoms with van der Waals surface area (Å²) in [6.07, 6.45) is 6.08. The molecule has 69 heavy (non-hydrogen) atoms. The summed E-state index contributed by atoms with van der Waals surface area (Å²) in [7, 11) is 4.92. The van der Waals surface area contributed by atoms with Crippen LogP contribution in [0.15, 0.2) is 101 Å². The van der Waals surface area contributed by atoms with Gasteiger partial charge in [0.2, 0.25) is 0 Å². The molecule has 16 heteroatoms. The van der Waals surface area contributed by atoms with Crippen LogP contribution in [0.1, 0.15) is 62.2 Å². The predicted octanol–water partition coefficient (Wildman–Crippen LogP) is 7.97. The van der Waals surface area contributed by atoms with Gasteiger partial charge in [-0.3, -0.25) is 29.3 Å². The van der Waals surface area contributed by atoms with Crippen LogP contribution in [0, 0.1) is 0 Å². The first-order valence-corrected chi connectivity index (χ1v) is 23.2. The zero-order chi connectivity index (χ0) is 48.1. The van der Waals surface area contributed by atoms with Crippen LogP contribution in [0.2, 0.25) is 0 Å². The number of aliphatic imine (C=N–C) groups is 2. The van der Waals surface area contributed by atoms with Crippen molar-refractivity contribution in [3.63, 3.8) is 0 Å². The minimum Gasteiger partial charge on any atom is -0.493 e. The molecule has 0 bridgehead atoms. The molecule has 3 aliphatic rings. The molecule has 1 atom stereocenters. The Kier molecular flexibility index (Phi) is 16.2. The van der Waals surface area contributed by atoms with Crippen molar-refractivity contribution in [1.29, 1.82) is 0 Å². The lowest BCUT2D eigenvalue weighted by Crippen LogP contribution is -2.37. The van der Waals surface area contributed by atoms with Crippen molar-refractivity contribution in [2.45, 2.75) is 51.4 Å². The smallest absolute Gasteiger partial charge is 0.303 e. The van der Waals surface area contributed by atoms with Crippen molar-refractivity contribution in [2.24, 2.45) is 9.98 Å². The van der Waals surface area contributed by atoms with E-state index in [0.29, 0.717) is 111 Å². The Balaban J connectivity index is 1.07. The molecule has 0 aliphatic carbocycles. The number of hydrogen-bond acceptors (Lipinski definition) is 13. The van der Waals surface area contributed by atoms with Crippen LogP contribution in [-0.4, -0.2) is 109 Å². The predicted molar refractivity (Wildman–Crippen MR) is 266 cm³/mol. The van der Waals surface area contributed by atoms with Gasteiger partial charge in [-0.2, -0.15) is 0 Å². The minimum atomic E-state index is -0.879. The number of benzene rings is 5. The summed E-state index contributed by atoms with van der Waals surface area (Å²) in [6, 6.07) is 28.1. The van der Waals surface area contributed by atoms with E-state index >= 15 is 0 Å². The van der Waals surface area contributed by atoms with Crippen molar-refractivity contribution < 1.29 is 47.9 Å². The lowest BCUT2D eigenvalue weighted by atomic mass is 10.1. The lowest BCUT2D eigenvalue weighted by Gasteiger charge is -2.26. The number of nitrogens with one attached hydrogen (secondary N) is 2. The number of aryl methyl sites for hydroxylation is 1. The molecule has 8 rings (SSSR count). The summed E-state index contributed by atoms with van der Waals surface area (Å²) in [5.41, 5.74) is 7.76. The normalized spacial score (nSPS) is 15.1. The quantitative estimate of drug-likeness (QED) is 0.0571. The number of nitrogens with zero attached hydrogens (tertiary/aromatic N) is 4. The second-order valence-electron chi connectivity index (χ2n) is 16.8. The molecule has 0 fully saturated rings. The van der Waals surface area contributed by atoms with Gasteiger partial charge < -0.3 is 49.1 Å². The molecule has 3 heterocycles. The number of carboxylic acids is 1. The highest BCUT2D eigenvalue weighted by Crippen LogP contribution is 2.42. The number of methoxy groups -OCH3 is 2. The van der Waals surface area contributed by atoms with E-state index in [4.69, 9.17) is 38.4 Å². The largest absolute Gasteiger partial charge is 0.493 e. The van der Waals surface area contributed by atoms with E-state index in [1.807, 2.05) is 86.2 Å². The lowest BCUT2D eigenvalue weighted by molar-refractivity contribution is -0.137. The first kappa shape index (κ1) is 48.2. The van der Waals surface area contributed by atoms with Crippen molar-refractivity contribution in [1.82, 2.24) is 5.32 Å². The molecule has 0 saturated carbocycles. The average molecular weight is 939 g/mol. The molecule has 5 aromatic carbocycles. The monoisotopic (exact) mass is 938 g/mol. The van der Waals surface area contributed by atoms with Gasteiger partial charge in [0.1, 0.15) is 13.2 Å². The van der Waals surface area contributed by atoms with Crippen molar-refractivity contribution in [2.75, 3.05) is 82.4 Å². The number of para-hydroxylation sites is 2. The standard InChI is InChI=1S/C53H58N6O10/c1-54-17-20-66-22-23-67-21-19-58(18-9-15-51(60)61)39-25-35(33-68-49-30-44-41(28-47(49)64-2)52(62)57-43-13-6-4-10-37(43)12-8-16-55-44)24-36(26-39)34-69-50-31-45-42(29-48(50)65-3)53(63)59-40(32-56-45)27-38-11-5-7-14-46(38)59/h4-7,10-11,13-14,16,24-26,28-32,40,54H,8-9,12,15,17-23,27,33-34H2,1-3H3,(H,57,62)(H,60,61)/b55-16-/t40-/m0/s1. The maximum absolute atomic E-state index is 14.1. The third-order valence-corrected chi connectivity index (χ3v) is 12.1. The molecule has 3 N–H and O–H groups in total. The second-order valence-corrected chi connectivity index (χ2v) is 16.8. The van der Waals surface area contributed by atoms with Crippen LogP contribution in [0.5, 0.6) is 23.0 Å². The Hall–Kier alpha value is -7.27. The Morgan fingerprint density at radius 2 is 1.45 bits per heavy atom. The number of carboxylic acid groups (broad SMARTS) is 1. The average Bonchev–Trinajstić information content (AvgIpc) is 3.68. The molecule has 0 spiro atoms. The van der Waals surface area contributed by atoms with E-state index in [-0.39, 0.29) is 37.5 Å². The number of rotatable bonds is 22. The van der Waals surface area contributed by atoms with E-state index in [9.17, 15) is 19.5 Å². The molecule has 16 nitrogen and oxygen atoms in total. The number of ether oxygens (including phenoxy) is 6. The SMILES string of the molecule is CNCCOCCOCCN(CCCC(=O)O)c1cc(COc2cc3c(cc2OC)C(=O)N2c4ccccc4C[C@H]2C=N3)cc(COc2cc3c(cc2OC)C(=O)Nc2ccccc2CC/C=N\3)c1. The fourth-order valence-electron chi connectivity index (χ4n) is 8.61. The highest BCUT2D eigenvalue weighted by Gasteiger charge is 2.36. The summed E-state index contributed by atoms with van der Waals surface area (Å²) in [5, 5.41) is 15.7. The number of hydrogen-bond donors (Lipinski definition) is 3. The van der Waals surface area contributed by atoms with E-state index in [2.05, 4.69) is 15.5 Å². The number of carbonyl (C=O) groups is 3. The van der Waals surface area contributed by atoms with Crippen LogP contribution < -0.4 is 39.4 Å². The van der Waals surface area contributed by atoms with Crippen molar-refractivity contribution in [3.8, 4) is 23.0 Å². The number of likely N-dealkylation sites (N-methyl/N-ethyl adjacent to an activating group) is 1. The third-order valence-electron chi connectivity index (χ3n) is 12.1. The molecule has 5 aromatic rings. The molecule has 0 aromatic heterocycles. The molecule has 0 radical (unpaired) electrons. The fourth-order valence-corrected chi connectivity index (χ4v) is 8.61. The van der Waals surface area contributed by atoms with E-state index in [0.717, 1.165) is 45.9 Å². The van der Waals surface area contributed by atoms with Crippen LogP contribution in [0.4, 0.5) is 28.4 Å². The van der Waals surface area contributed by atoms with Crippen LogP contribution in [0.3, 0.4) is 0 Å². The Bertz CT molecular complexity index is 2670. The Morgan fingerprint density at radius 1 is 0.783 bits per heavy atom. The zero-order valence-electron chi connectivity index (χ0n) is 39.2. The number of carbonyl (C=O) groups excluding carboxylic acids is 2.